The fourth-order valence-corrected chi connectivity index (χ4v) is 16.0. The van der Waals surface area contributed by atoms with Crippen LogP contribution in [0.15, 0.2) is 227 Å². The predicted octanol–water partition coefficient (Wildman–Crippen LogP) is 16.1. The van der Waals surface area contributed by atoms with Crippen LogP contribution in [0.3, 0.4) is 0 Å². The highest BCUT2D eigenvalue weighted by molar-refractivity contribution is 8.00. The largest absolute Gasteiger partial charge is 0.481 e. The van der Waals surface area contributed by atoms with E-state index in [0.717, 1.165) is 64.1 Å². The minimum absolute atomic E-state index is 0.0426. The summed E-state index contributed by atoms with van der Waals surface area (Å²) < 4.78 is 24.1. The van der Waals surface area contributed by atoms with Crippen LogP contribution in [0.1, 0.15) is 173 Å². The number of ketones is 2. The van der Waals surface area contributed by atoms with E-state index in [1.807, 2.05) is 97.9 Å². The zero-order valence-corrected chi connectivity index (χ0v) is 68.1. The van der Waals surface area contributed by atoms with Gasteiger partial charge in [0, 0.05) is 56.7 Å². The third-order valence-electron chi connectivity index (χ3n) is 18.6. The van der Waals surface area contributed by atoms with E-state index in [-0.39, 0.29) is 48.3 Å². The number of ether oxygens (including phenoxy) is 5. The van der Waals surface area contributed by atoms with Gasteiger partial charge in [-0.05, 0) is 163 Å². The first kappa shape index (κ1) is 91.1. The summed E-state index contributed by atoms with van der Waals surface area (Å²) in [5, 5.41) is 54.2. The molecule has 0 fully saturated rings. The Balaban J connectivity index is 0.000000203. The fourth-order valence-electron chi connectivity index (χ4n) is 11.7. The van der Waals surface area contributed by atoms with Crippen LogP contribution in [0.2, 0.25) is 0 Å². The maximum absolute atomic E-state index is 13.1. The number of carbonyl (C=O) groups is 13. The number of hydrogen-bond acceptors (Lipinski definition) is 22. The Kier molecular flexibility index (Phi) is 33.6. The number of esters is 5. The van der Waals surface area contributed by atoms with Crippen molar-refractivity contribution in [2.75, 3.05) is 35.5 Å². The van der Waals surface area contributed by atoms with Crippen LogP contribution in [-0.4, -0.2) is 143 Å². The molecule has 0 bridgehead atoms. The smallest absolute Gasteiger partial charge is 0.339 e. The van der Waals surface area contributed by atoms with Crippen molar-refractivity contribution in [2.45, 2.75) is 142 Å². The molecule has 24 nitrogen and oxygen atoms in total. The van der Waals surface area contributed by atoms with Crippen molar-refractivity contribution in [1.82, 2.24) is 0 Å². The van der Waals surface area contributed by atoms with Gasteiger partial charge < -0.3 is 54.3 Å². The Bertz CT molecular complexity index is 5220. The molecule has 0 amide bonds. The lowest BCUT2D eigenvalue weighted by Crippen LogP contribution is -2.24. The average Bonchev–Trinajstić information content (AvgIpc) is 1.61. The number of aromatic carboxylic acids is 1. The van der Waals surface area contributed by atoms with Gasteiger partial charge in [-0.3, -0.25) is 52.7 Å². The van der Waals surface area contributed by atoms with Gasteiger partial charge in [-0.2, -0.15) is 0 Å². The number of aryl methyl sites for hydroxylation is 1. The number of rotatable bonds is 23. The Hall–Kier alpha value is -12.1. The molecule has 6 atom stereocenters. The number of carboxylic acids is 6. The van der Waals surface area contributed by atoms with Gasteiger partial charge in [0.1, 0.15) is 5.92 Å². The second kappa shape index (κ2) is 42.8. The molecule has 9 aromatic carbocycles. The zero-order valence-electron chi connectivity index (χ0n) is 64.9. The van der Waals surface area contributed by atoms with Crippen LogP contribution in [0.25, 0.3) is 0 Å². The van der Waals surface area contributed by atoms with Crippen molar-refractivity contribution in [2.24, 2.45) is 0 Å². The molecule has 116 heavy (non-hydrogen) atoms. The van der Waals surface area contributed by atoms with Crippen LogP contribution in [-0.2, 0) is 92.5 Å². The second-order valence-electron chi connectivity index (χ2n) is 26.3. The van der Waals surface area contributed by atoms with Crippen LogP contribution < -0.4 is 0 Å². The molecular formula is C88H84O24S4. The Morgan fingerprint density at radius 3 is 1.32 bits per heavy atom. The number of carboxylic acid groups (broad SMARTS) is 6. The molecule has 28 heteroatoms. The highest BCUT2D eigenvalue weighted by atomic mass is 32.2. The lowest BCUT2D eigenvalue weighted by Gasteiger charge is -2.17. The van der Waals surface area contributed by atoms with Gasteiger partial charge in [0.05, 0.1) is 95.5 Å². The SMILES string of the molecule is CC(C(=O)O)c1ccc(Sc2ccccc2C(=O)O)c(CC(=O)O)c1.CC(C(=O)O)c1ccc2c(c1)CC(=O)c1ccccc1S2.COC(=O)C(C)c1ccc2c(c1)C(C(=O)OC)C(=O)c1ccccc1S2.COC(=O)Cc1cc(C(C)C(=O)OC)ccc1Sc1ccccc1C(=O)OC.Cc1ccc(C(C)C(=O)O)cc1CC(=O)O. The molecule has 2 heterocycles. The molecule has 2 aliphatic heterocycles. The molecule has 6 unspecified atom stereocenters. The summed E-state index contributed by atoms with van der Waals surface area (Å²) in [6.07, 6.45) is 0.00421. The summed E-state index contributed by atoms with van der Waals surface area (Å²) in [6.45, 7) is 10.0. The molecule has 2 aliphatic rings. The maximum atomic E-state index is 13.1. The van der Waals surface area contributed by atoms with Gasteiger partial charge >= 0.3 is 65.7 Å². The number of carbonyl (C=O) groups excluding carboxylic acids is 7. The van der Waals surface area contributed by atoms with Gasteiger partial charge in [0.25, 0.3) is 0 Å². The van der Waals surface area contributed by atoms with E-state index in [1.54, 1.807) is 130 Å². The predicted molar refractivity (Wildman–Crippen MR) is 432 cm³/mol. The summed E-state index contributed by atoms with van der Waals surface area (Å²) in [7, 11) is 6.58. The van der Waals surface area contributed by atoms with E-state index in [1.165, 1.54) is 72.1 Å². The Morgan fingerprint density at radius 1 is 0.405 bits per heavy atom. The zero-order chi connectivity index (χ0) is 85.4. The van der Waals surface area contributed by atoms with Crippen molar-refractivity contribution < 1.29 is 117 Å². The summed E-state index contributed by atoms with van der Waals surface area (Å²) in [5.41, 5.74) is 9.22. The molecule has 0 saturated carbocycles. The molecule has 0 radical (unpaired) electrons. The number of fused-ring (bicyclic) bond motifs is 4. The highest BCUT2D eigenvalue weighted by Gasteiger charge is 2.37. The van der Waals surface area contributed by atoms with E-state index in [4.69, 9.17) is 49.2 Å². The van der Waals surface area contributed by atoms with Crippen LogP contribution in [0, 0.1) is 6.92 Å². The Labute approximate surface area is 685 Å². The third-order valence-corrected chi connectivity index (χ3v) is 23.4. The number of aliphatic carboxylic acids is 5. The first-order chi connectivity index (χ1) is 55.1. The van der Waals surface area contributed by atoms with Crippen LogP contribution in [0.4, 0.5) is 0 Å². The Morgan fingerprint density at radius 2 is 0.819 bits per heavy atom. The van der Waals surface area contributed by atoms with E-state index in [0.29, 0.717) is 71.2 Å². The first-order valence-electron chi connectivity index (χ1n) is 35.7. The van der Waals surface area contributed by atoms with Crippen molar-refractivity contribution in [3.05, 3.63) is 272 Å². The summed E-state index contributed by atoms with van der Waals surface area (Å²) in [5.74, 6) is -12.2. The molecule has 604 valence electrons. The standard InChI is InChI=1S/C21H22O6S.C20H18O5S.C18H16O6S.C17H14O3S.C12H14O4/c1-13(20(23)26-3)14-9-10-17(15(11-14)12-19(22)25-2)28-18-8-6-5-7-16(18)21(24)27-4;1-11(19(22)24-2)12-8-9-16-14(10-12)17(20(23)25-3)18(21)13-6-4-5-7-15(13)26-16;1-10(17(21)22)11-6-7-14(12(8-11)9-16(19)20)25-15-5-3-2-4-13(15)18(23)24;1-10(17(19)20)11-6-7-15-12(8-11)9-14(18)13-4-2-3-5-16(13)21-15;1-7-3-4-9(8(2)12(15)16)5-10(7)6-11(13)14/h5-11,13H,12H2,1-4H3;4-11,17H,1-3H3;2-8,10H,9H2,1H3,(H,19,20)(H,21,22)(H,23,24);2-8,10H,9H2,1H3,(H,19,20);3-5,8H,6H2,1-2H3,(H,13,14)(H,15,16). The average molecular weight is 1650 g/mol. The highest BCUT2D eigenvalue weighted by Crippen LogP contribution is 2.44. The molecule has 11 rings (SSSR count). The van der Waals surface area contributed by atoms with Crippen molar-refractivity contribution in [3.8, 4) is 0 Å². The van der Waals surface area contributed by atoms with Crippen molar-refractivity contribution in [3.63, 3.8) is 0 Å². The molecule has 0 aromatic heterocycles. The fraction of sp³-hybridized carbons (Fsp3) is 0.239. The lowest BCUT2D eigenvalue weighted by atomic mass is 9.88. The molecule has 0 saturated heterocycles. The van der Waals surface area contributed by atoms with E-state index < -0.39 is 89.2 Å². The van der Waals surface area contributed by atoms with Gasteiger partial charge in [0.2, 0.25) is 0 Å². The van der Waals surface area contributed by atoms with Gasteiger partial charge in [-0.25, -0.2) is 9.59 Å². The molecule has 0 spiro atoms. The summed E-state index contributed by atoms with van der Waals surface area (Å²) in [4.78, 5) is 158. The number of methoxy groups -OCH3 is 5. The topological polar surface area (TPSA) is 389 Å². The third kappa shape index (κ3) is 24.2. The maximum Gasteiger partial charge on any atom is 0.339 e. The number of hydrogen-bond donors (Lipinski definition) is 6. The van der Waals surface area contributed by atoms with Crippen LogP contribution in [0.5, 0.6) is 0 Å². The number of benzene rings is 9. The molecule has 6 N–H and O–H groups in total. The van der Waals surface area contributed by atoms with Crippen LogP contribution >= 0.6 is 47.0 Å². The van der Waals surface area contributed by atoms with Gasteiger partial charge in [0.15, 0.2) is 11.6 Å². The minimum atomic E-state index is -1.07. The second-order valence-corrected chi connectivity index (χ2v) is 30.6. The van der Waals surface area contributed by atoms with E-state index in [9.17, 15) is 67.4 Å². The lowest BCUT2D eigenvalue weighted by molar-refractivity contribution is -0.142. The van der Waals surface area contributed by atoms with Gasteiger partial charge in [-0.15, -0.1) is 0 Å². The van der Waals surface area contributed by atoms with Crippen molar-refractivity contribution >= 4 is 124 Å². The summed E-state index contributed by atoms with van der Waals surface area (Å²) in [6, 6.07) is 54.6. The monoisotopic (exact) mass is 1650 g/mol. The van der Waals surface area contributed by atoms with Gasteiger partial charge in [-0.1, -0.05) is 174 Å². The normalized spacial score (nSPS) is 13.4. The number of Topliss-reactive ketones (excluding diaryl/α,β-unsaturated/α-hetero) is 2. The van der Waals surface area contributed by atoms with Crippen molar-refractivity contribution in [1.29, 1.82) is 0 Å². The van der Waals surface area contributed by atoms with E-state index >= 15 is 0 Å². The minimum Gasteiger partial charge on any atom is -0.481 e. The molecule has 0 aliphatic carbocycles. The molecular weight excluding hydrogens is 1570 g/mol. The van der Waals surface area contributed by atoms with E-state index in [2.05, 4.69) is 0 Å². The molecule has 9 aromatic rings. The first-order valence-corrected chi connectivity index (χ1v) is 38.9. The summed E-state index contributed by atoms with van der Waals surface area (Å²) >= 11 is 5.49. The quantitative estimate of drug-likeness (QED) is 0.0197.